The number of ether oxygens (including phenoxy) is 1. The lowest BCUT2D eigenvalue weighted by Crippen LogP contribution is -2.36. The lowest BCUT2D eigenvalue weighted by atomic mass is 9.70. The summed E-state index contributed by atoms with van der Waals surface area (Å²) in [4.78, 5) is 0. The highest BCUT2D eigenvalue weighted by Gasteiger charge is 2.37. The fourth-order valence-electron chi connectivity index (χ4n) is 3.98. The van der Waals surface area contributed by atoms with Gasteiger partial charge in [-0.3, -0.25) is 0 Å². The van der Waals surface area contributed by atoms with Crippen molar-refractivity contribution < 1.29 is 4.74 Å². The number of allylic oxidation sites excluding steroid dienone is 1. The van der Waals surface area contributed by atoms with Crippen LogP contribution < -0.4 is 0 Å². The average molecular weight is 220 g/mol. The van der Waals surface area contributed by atoms with Crippen LogP contribution >= 0.6 is 0 Å². The Balaban J connectivity index is 1.77. The molecule has 2 fully saturated rings. The Morgan fingerprint density at radius 2 is 1.69 bits per heavy atom. The van der Waals surface area contributed by atoms with Crippen LogP contribution in [-0.4, -0.2) is 6.10 Å². The third kappa shape index (κ3) is 2.01. The zero-order valence-electron chi connectivity index (χ0n) is 10.3. The zero-order valence-corrected chi connectivity index (χ0v) is 10.3. The maximum absolute atomic E-state index is 6.02. The molecule has 0 saturated heterocycles. The third-order valence-electron chi connectivity index (χ3n) is 4.87. The number of hydrogen-bond acceptors (Lipinski definition) is 1. The fourth-order valence-corrected chi connectivity index (χ4v) is 3.98. The Morgan fingerprint density at radius 1 is 0.875 bits per heavy atom. The minimum Gasteiger partial charge on any atom is -0.498 e. The van der Waals surface area contributed by atoms with Gasteiger partial charge in [0.05, 0.1) is 6.26 Å². The van der Waals surface area contributed by atoms with Crippen molar-refractivity contribution in [3.05, 3.63) is 11.8 Å². The quantitative estimate of drug-likeness (QED) is 0.587. The van der Waals surface area contributed by atoms with E-state index >= 15 is 0 Å². The molecule has 2 aliphatic carbocycles. The molecule has 2 saturated carbocycles. The standard InChI is InChI=1S/C15H24O/c1-2-4-10-15-14(9-3-1)13-8-6-5-7-12(13)11-16-15/h11,13-15H,1-10H2/t13-,14+,15-/m0/s1. The largest absolute Gasteiger partial charge is 0.498 e. The Bertz CT molecular complexity index is 269. The van der Waals surface area contributed by atoms with Gasteiger partial charge in [0.2, 0.25) is 0 Å². The van der Waals surface area contributed by atoms with Gasteiger partial charge in [-0.2, -0.15) is 0 Å². The zero-order chi connectivity index (χ0) is 10.8. The van der Waals surface area contributed by atoms with Gasteiger partial charge in [0.15, 0.2) is 0 Å². The van der Waals surface area contributed by atoms with Crippen LogP contribution in [0.1, 0.15) is 64.2 Å². The van der Waals surface area contributed by atoms with Gasteiger partial charge in [-0.15, -0.1) is 0 Å². The van der Waals surface area contributed by atoms with E-state index in [-0.39, 0.29) is 0 Å². The second-order valence-corrected chi connectivity index (χ2v) is 5.87. The highest BCUT2D eigenvalue weighted by atomic mass is 16.5. The van der Waals surface area contributed by atoms with Crippen molar-refractivity contribution in [2.24, 2.45) is 11.8 Å². The summed E-state index contributed by atoms with van der Waals surface area (Å²) < 4.78 is 6.02. The molecule has 1 nitrogen and oxygen atoms in total. The smallest absolute Gasteiger partial charge is 0.101 e. The Kier molecular flexibility index (Phi) is 3.21. The van der Waals surface area contributed by atoms with Gasteiger partial charge in [-0.1, -0.05) is 25.7 Å². The molecular weight excluding hydrogens is 196 g/mol. The van der Waals surface area contributed by atoms with E-state index in [2.05, 4.69) is 6.26 Å². The Morgan fingerprint density at radius 3 is 2.62 bits per heavy atom. The number of hydrogen-bond donors (Lipinski definition) is 0. The molecule has 3 atom stereocenters. The van der Waals surface area contributed by atoms with Crippen LogP contribution in [0.4, 0.5) is 0 Å². The monoisotopic (exact) mass is 220 g/mol. The van der Waals surface area contributed by atoms with E-state index < -0.39 is 0 Å². The topological polar surface area (TPSA) is 9.23 Å². The van der Waals surface area contributed by atoms with Gasteiger partial charge in [0.25, 0.3) is 0 Å². The highest BCUT2D eigenvalue weighted by Crippen LogP contribution is 2.44. The van der Waals surface area contributed by atoms with Crippen LogP contribution in [0.3, 0.4) is 0 Å². The maximum Gasteiger partial charge on any atom is 0.101 e. The van der Waals surface area contributed by atoms with Gasteiger partial charge in [0.1, 0.15) is 6.10 Å². The van der Waals surface area contributed by atoms with E-state index in [1.807, 2.05) is 0 Å². The SMILES string of the molecule is C1=C2CCCC[C@@H]2[C@H]2CCCCCC[C@@H]2O1. The average Bonchev–Trinajstić information content (AvgIpc) is 2.29. The first-order chi connectivity index (χ1) is 7.95. The number of rotatable bonds is 0. The van der Waals surface area contributed by atoms with Gasteiger partial charge in [-0.05, 0) is 50.0 Å². The highest BCUT2D eigenvalue weighted by molar-refractivity contribution is 5.12. The molecule has 0 radical (unpaired) electrons. The van der Waals surface area contributed by atoms with Gasteiger partial charge in [-0.25, -0.2) is 0 Å². The van der Waals surface area contributed by atoms with Crippen LogP contribution in [0.25, 0.3) is 0 Å². The van der Waals surface area contributed by atoms with E-state index in [1.54, 1.807) is 5.57 Å². The van der Waals surface area contributed by atoms with Crippen molar-refractivity contribution in [2.75, 3.05) is 0 Å². The molecule has 1 aliphatic heterocycles. The molecule has 16 heavy (non-hydrogen) atoms. The van der Waals surface area contributed by atoms with E-state index in [1.165, 1.54) is 64.2 Å². The molecule has 1 heterocycles. The molecule has 0 amide bonds. The molecule has 0 N–H and O–H groups in total. The van der Waals surface area contributed by atoms with E-state index in [0.717, 1.165) is 11.8 Å². The van der Waals surface area contributed by atoms with Crippen molar-refractivity contribution in [1.29, 1.82) is 0 Å². The molecule has 0 aromatic carbocycles. The lowest BCUT2D eigenvalue weighted by molar-refractivity contribution is 0.0136. The minimum absolute atomic E-state index is 0.562. The maximum atomic E-state index is 6.02. The first-order valence-corrected chi connectivity index (χ1v) is 7.29. The van der Waals surface area contributed by atoms with Gasteiger partial charge >= 0.3 is 0 Å². The fraction of sp³-hybridized carbons (Fsp3) is 0.867. The van der Waals surface area contributed by atoms with Crippen LogP contribution in [0.2, 0.25) is 0 Å². The van der Waals surface area contributed by atoms with Gasteiger partial charge < -0.3 is 4.74 Å². The second-order valence-electron chi connectivity index (χ2n) is 5.87. The molecule has 3 aliphatic rings. The molecule has 1 heteroatoms. The Hall–Kier alpha value is -0.460. The second kappa shape index (κ2) is 4.81. The number of fused-ring (bicyclic) bond motifs is 3. The van der Waals surface area contributed by atoms with Crippen molar-refractivity contribution in [2.45, 2.75) is 70.3 Å². The molecular formula is C15H24O. The van der Waals surface area contributed by atoms with E-state index in [9.17, 15) is 0 Å². The first-order valence-electron chi connectivity index (χ1n) is 7.29. The molecule has 0 spiro atoms. The van der Waals surface area contributed by atoms with Crippen LogP contribution in [0.15, 0.2) is 11.8 Å². The van der Waals surface area contributed by atoms with Crippen LogP contribution in [-0.2, 0) is 4.74 Å². The summed E-state index contributed by atoms with van der Waals surface area (Å²) in [5, 5.41) is 0. The molecule has 0 unspecified atom stereocenters. The molecule has 3 rings (SSSR count). The van der Waals surface area contributed by atoms with E-state index in [4.69, 9.17) is 4.74 Å². The summed E-state index contributed by atoms with van der Waals surface area (Å²) in [6, 6.07) is 0. The van der Waals surface area contributed by atoms with Crippen molar-refractivity contribution >= 4 is 0 Å². The molecule has 0 aromatic heterocycles. The summed E-state index contributed by atoms with van der Waals surface area (Å²) in [7, 11) is 0. The molecule has 0 bridgehead atoms. The van der Waals surface area contributed by atoms with Gasteiger partial charge in [0, 0.05) is 5.92 Å². The minimum atomic E-state index is 0.562. The molecule has 90 valence electrons. The Labute approximate surface area is 99.3 Å². The summed E-state index contributed by atoms with van der Waals surface area (Å²) >= 11 is 0. The van der Waals surface area contributed by atoms with Crippen molar-refractivity contribution in [1.82, 2.24) is 0 Å². The normalized spacial score (nSPS) is 39.5. The first kappa shape index (κ1) is 10.7. The lowest BCUT2D eigenvalue weighted by Gasteiger charge is -2.41. The predicted octanol–water partition coefficient (Wildman–Crippen LogP) is 4.43. The predicted molar refractivity (Wildman–Crippen MR) is 66.1 cm³/mol. The van der Waals surface area contributed by atoms with E-state index in [0.29, 0.717) is 6.10 Å². The van der Waals surface area contributed by atoms with Crippen molar-refractivity contribution in [3.8, 4) is 0 Å². The van der Waals surface area contributed by atoms with Crippen molar-refractivity contribution in [3.63, 3.8) is 0 Å². The summed E-state index contributed by atoms with van der Waals surface area (Å²) in [6.45, 7) is 0. The third-order valence-corrected chi connectivity index (χ3v) is 4.87. The van der Waals surface area contributed by atoms with Crippen LogP contribution in [0, 0.1) is 11.8 Å². The van der Waals surface area contributed by atoms with Crippen LogP contribution in [0.5, 0.6) is 0 Å². The summed E-state index contributed by atoms with van der Waals surface area (Å²) in [5.41, 5.74) is 1.65. The molecule has 0 aromatic rings. The summed E-state index contributed by atoms with van der Waals surface area (Å²) in [6.07, 6.45) is 16.7. The summed E-state index contributed by atoms with van der Waals surface area (Å²) in [5.74, 6) is 1.76.